The molecule has 0 fully saturated rings. The van der Waals surface area contributed by atoms with Gasteiger partial charge in [-0.25, -0.2) is 0 Å². The SMILES string of the molecule is CCCCCC/C=C\CCCCCCCC#N. The Kier molecular flexibility index (Phi) is 14.5. The van der Waals surface area contributed by atoms with Crippen LogP contribution in [0.4, 0.5) is 0 Å². The van der Waals surface area contributed by atoms with Crippen LogP contribution in [-0.2, 0) is 0 Å². The molecule has 98 valence electrons. The first-order chi connectivity index (χ1) is 8.41. The number of nitriles is 1. The standard InChI is InChI=1S/C16H29N/c1-2-3-4-5-6-7-8-9-10-11-12-13-14-15-16-17/h7-8H,2-6,9-15H2,1H3/b8-7-. The normalized spacial score (nSPS) is 10.8. The molecule has 0 spiro atoms. The molecule has 1 heteroatoms. The summed E-state index contributed by atoms with van der Waals surface area (Å²) in [6.45, 7) is 2.26. The van der Waals surface area contributed by atoms with E-state index < -0.39 is 0 Å². The highest BCUT2D eigenvalue weighted by atomic mass is 14.2. The summed E-state index contributed by atoms with van der Waals surface area (Å²) in [4.78, 5) is 0. The summed E-state index contributed by atoms with van der Waals surface area (Å²) in [5.41, 5.74) is 0. The van der Waals surface area contributed by atoms with E-state index in [9.17, 15) is 0 Å². The number of unbranched alkanes of at least 4 members (excludes halogenated alkanes) is 10. The fourth-order valence-electron chi connectivity index (χ4n) is 1.92. The zero-order valence-corrected chi connectivity index (χ0v) is 11.6. The van der Waals surface area contributed by atoms with Crippen molar-refractivity contribution in [2.75, 3.05) is 0 Å². The van der Waals surface area contributed by atoms with Crippen LogP contribution >= 0.6 is 0 Å². The minimum absolute atomic E-state index is 0.734. The summed E-state index contributed by atoms with van der Waals surface area (Å²) in [5.74, 6) is 0. The van der Waals surface area contributed by atoms with Gasteiger partial charge in [0.25, 0.3) is 0 Å². The van der Waals surface area contributed by atoms with Crippen molar-refractivity contribution in [3.05, 3.63) is 12.2 Å². The van der Waals surface area contributed by atoms with Crippen LogP contribution in [0.3, 0.4) is 0 Å². The third-order valence-electron chi connectivity index (χ3n) is 3.05. The zero-order valence-electron chi connectivity index (χ0n) is 11.6. The van der Waals surface area contributed by atoms with Gasteiger partial charge < -0.3 is 0 Å². The minimum atomic E-state index is 0.734. The highest BCUT2D eigenvalue weighted by Gasteiger charge is 1.89. The molecule has 17 heavy (non-hydrogen) atoms. The molecule has 0 saturated heterocycles. The first-order valence-electron chi connectivity index (χ1n) is 7.43. The van der Waals surface area contributed by atoms with Crippen LogP contribution in [0.2, 0.25) is 0 Å². The Balaban J connectivity index is 3.01. The maximum absolute atomic E-state index is 8.38. The summed E-state index contributed by atoms with van der Waals surface area (Å²) < 4.78 is 0. The molecule has 0 aromatic carbocycles. The fourth-order valence-corrected chi connectivity index (χ4v) is 1.92. The van der Waals surface area contributed by atoms with E-state index in [0.717, 1.165) is 12.8 Å². The average Bonchev–Trinajstić information content (AvgIpc) is 2.35. The first kappa shape index (κ1) is 16.2. The summed E-state index contributed by atoms with van der Waals surface area (Å²) in [5, 5.41) is 8.38. The van der Waals surface area contributed by atoms with E-state index in [1.807, 2.05) is 0 Å². The molecule has 0 bridgehead atoms. The predicted octanol–water partition coefficient (Wildman–Crippen LogP) is 5.77. The van der Waals surface area contributed by atoms with Crippen LogP contribution in [0.5, 0.6) is 0 Å². The van der Waals surface area contributed by atoms with E-state index in [4.69, 9.17) is 5.26 Å². The van der Waals surface area contributed by atoms with Gasteiger partial charge in [-0.05, 0) is 32.1 Å². The lowest BCUT2D eigenvalue weighted by Gasteiger charge is -1.97. The van der Waals surface area contributed by atoms with Crippen LogP contribution in [0.1, 0.15) is 84.0 Å². The molecule has 0 aromatic rings. The lowest BCUT2D eigenvalue weighted by atomic mass is 10.1. The van der Waals surface area contributed by atoms with Crippen LogP contribution in [0.15, 0.2) is 12.2 Å². The molecule has 0 rings (SSSR count). The Morgan fingerprint density at radius 1 is 0.765 bits per heavy atom. The van der Waals surface area contributed by atoms with Gasteiger partial charge in [0.1, 0.15) is 0 Å². The molecule has 0 unspecified atom stereocenters. The molecule has 0 aliphatic carbocycles. The van der Waals surface area contributed by atoms with E-state index in [-0.39, 0.29) is 0 Å². The highest BCUT2D eigenvalue weighted by molar-refractivity contribution is 4.81. The van der Waals surface area contributed by atoms with Crippen molar-refractivity contribution in [2.24, 2.45) is 0 Å². The highest BCUT2D eigenvalue weighted by Crippen LogP contribution is 2.08. The quantitative estimate of drug-likeness (QED) is 0.311. The first-order valence-corrected chi connectivity index (χ1v) is 7.43. The smallest absolute Gasteiger partial charge is 0.0621 e. The molecule has 0 aliphatic rings. The molecule has 1 nitrogen and oxygen atoms in total. The van der Waals surface area contributed by atoms with Gasteiger partial charge in [0.2, 0.25) is 0 Å². The molecule has 0 heterocycles. The maximum Gasteiger partial charge on any atom is 0.0621 e. The Hall–Kier alpha value is -0.770. The van der Waals surface area contributed by atoms with Gasteiger partial charge in [0.15, 0.2) is 0 Å². The molecular weight excluding hydrogens is 206 g/mol. The van der Waals surface area contributed by atoms with Crippen molar-refractivity contribution in [3.63, 3.8) is 0 Å². The second-order valence-electron chi connectivity index (χ2n) is 4.79. The van der Waals surface area contributed by atoms with Gasteiger partial charge in [-0.3, -0.25) is 0 Å². The number of allylic oxidation sites excluding steroid dienone is 2. The number of hydrogen-bond donors (Lipinski definition) is 0. The van der Waals surface area contributed by atoms with E-state index in [2.05, 4.69) is 25.1 Å². The van der Waals surface area contributed by atoms with E-state index >= 15 is 0 Å². The zero-order chi connectivity index (χ0) is 12.6. The van der Waals surface area contributed by atoms with Crippen LogP contribution in [-0.4, -0.2) is 0 Å². The molecule has 0 aliphatic heterocycles. The monoisotopic (exact) mass is 235 g/mol. The lowest BCUT2D eigenvalue weighted by molar-refractivity contribution is 0.623. The van der Waals surface area contributed by atoms with Crippen molar-refractivity contribution in [1.29, 1.82) is 5.26 Å². The molecular formula is C16H29N. The summed E-state index contributed by atoms with van der Waals surface area (Å²) in [6, 6.07) is 2.20. The van der Waals surface area contributed by atoms with Crippen molar-refractivity contribution < 1.29 is 0 Å². The van der Waals surface area contributed by atoms with E-state index in [1.165, 1.54) is 64.2 Å². The number of nitrogens with zero attached hydrogens (tertiary/aromatic N) is 1. The summed E-state index contributed by atoms with van der Waals surface area (Å²) in [6.07, 6.45) is 19.7. The topological polar surface area (TPSA) is 23.8 Å². The molecule has 0 N–H and O–H groups in total. The van der Waals surface area contributed by atoms with E-state index in [0.29, 0.717) is 0 Å². The summed E-state index contributed by atoms with van der Waals surface area (Å²) in [7, 11) is 0. The molecule has 0 radical (unpaired) electrons. The Labute approximate surface area is 108 Å². The van der Waals surface area contributed by atoms with Gasteiger partial charge >= 0.3 is 0 Å². The Morgan fingerprint density at radius 2 is 1.29 bits per heavy atom. The van der Waals surface area contributed by atoms with Crippen molar-refractivity contribution in [2.45, 2.75) is 84.0 Å². The fraction of sp³-hybridized carbons (Fsp3) is 0.812. The van der Waals surface area contributed by atoms with Crippen LogP contribution in [0.25, 0.3) is 0 Å². The van der Waals surface area contributed by atoms with E-state index in [1.54, 1.807) is 0 Å². The van der Waals surface area contributed by atoms with Gasteiger partial charge in [-0.15, -0.1) is 0 Å². The van der Waals surface area contributed by atoms with Crippen LogP contribution in [0, 0.1) is 11.3 Å². The maximum atomic E-state index is 8.38. The Morgan fingerprint density at radius 3 is 1.88 bits per heavy atom. The third kappa shape index (κ3) is 15.2. The van der Waals surface area contributed by atoms with Gasteiger partial charge in [-0.2, -0.15) is 5.26 Å². The van der Waals surface area contributed by atoms with Crippen molar-refractivity contribution in [3.8, 4) is 6.07 Å². The molecule has 0 aromatic heterocycles. The van der Waals surface area contributed by atoms with Gasteiger partial charge in [-0.1, -0.05) is 57.6 Å². The second-order valence-corrected chi connectivity index (χ2v) is 4.79. The van der Waals surface area contributed by atoms with Crippen LogP contribution < -0.4 is 0 Å². The number of hydrogen-bond acceptors (Lipinski definition) is 1. The van der Waals surface area contributed by atoms with Gasteiger partial charge in [0.05, 0.1) is 6.07 Å². The molecule has 0 saturated carbocycles. The number of rotatable bonds is 12. The average molecular weight is 235 g/mol. The predicted molar refractivity (Wildman–Crippen MR) is 75.8 cm³/mol. The van der Waals surface area contributed by atoms with Crippen molar-refractivity contribution in [1.82, 2.24) is 0 Å². The van der Waals surface area contributed by atoms with Crippen molar-refractivity contribution >= 4 is 0 Å². The largest absolute Gasteiger partial charge is 0.198 e. The molecule has 0 amide bonds. The summed E-state index contributed by atoms with van der Waals surface area (Å²) >= 11 is 0. The lowest BCUT2D eigenvalue weighted by Crippen LogP contribution is -1.78. The van der Waals surface area contributed by atoms with Gasteiger partial charge in [0, 0.05) is 6.42 Å². The Bertz CT molecular complexity index is 200. The molecule has 0 atom stereocenters. The second kappa shape index (κ2) is 15.2. The minimum Gasteiger partial charge on any atom is -0.198 e. The third-order valence-corrected chi connectivity index (χ3v) is 3.05.